The van der Waals surface area contributed by atoms with Crippen molar-refractivity contribution in [1.29, 1.82) is 0 Å². The van der Waals surface area contributed by atoms with Crippen LogP contribution in [0, 0.1) is 6.92 Å². The Kier molecular flexibility index (Phi) is 3.69. The summed E-state index contributed by atoms with van der Waals surface area (Å²) in [7, 11) is 0. The largest absolute Gasteiger partial charge is 0.392 e. The standard InChI is InChI=1S/C14H14N2O2/c1-10-6-7-11(8-15-10)14(18)16-13-5-3-2-4-12(13)9-17/h2-8,17H,9H2,1H3,(H,16,18). The van der Waals surface area contributed by atoms with Gasteiger partial charge in [0.1, 0.15) is 0 Å². The van der Waals surface area contributed by atoms with Crippen molar-refractivity contribution in [2.24, 2.45) is 0 Å². The lowest BCUT2D eigenvalue weighted by Gasteiger charge is -2.09. The molecule has 1 heterocycles. The van der Waals surface area contributed by atoms with E-state index in [4.69, 9.17) is 0 Å². The van der Waals surface area contributed by atoms with Gasteiger partial charge in [0.2, 0.25) is 0 Å². The van der Waals surface area contributed by atoms with Crippen LogP contribution in [0.2, 0.25) is 0 Å². The van der Waals surface area contributed by atoms with Gasteiger partial charge in [-0.25, -0.2) is 0 Å². The van der Waals surface area contributed by atoms with Crippen molar-refractivity contribution < 1.29 is 9.90 Å². The Balaban J connectivity index is 2.18. The maximum atomic E-state index is 12.0. The fraction of sp³-hybridized carbons (Fsp3) is 0.143. The summed E-state index contributed by atoms with van der Waals surface area (Å²) >= 11 is 0. The Morgan fingerprint density at radius 3 is 2.72 bits per heavy atom. The number of rotatable bonds is 3. The van der Waals surface area contributed by atoms with E-state index in [1.54, 1.807) is 24.3 Å². The first-order chi connectivity index (χ1) is 8.70. The lowest BCUT2D eigenvalue weighted by atomic mass is 10.1. The first kappa shape index (κ1) is 12.3. The van der Waals surface area contributed by atoms with Gasteiger partial charge in [0.05, 0.1) is 12.2 Å². The van der Waals surface area contributed by atoms with Gasteiger partial charge in [0.25, 0.3) is 5.91 Å². The number of pyridine rings is 1. The number of nitrogens with one attached hydrogen (secondary N) is 1. The van der Waals surface area contributed by atoms with E-state index in [2.05, 4.69) is 10.3 Å². The van der Waals surface area contributed by atoms with Crippen molar-refractivity contribution in [3.63, 3.8) is 0 Å². The molecule has 0 fully saturated rings. The monoisotopic (exact) mass is 242 g/mol. The molecule has 2 N–H and O–H groups in total. The molecule has 92 valence electrons. The van der Waals surface area contributed by atoms with E-state index in [1.807, 2.05) is 19.1 Å². The summed E-state index contributed by atoms with van der Waals surface area (Å²) < 4.78 is 0. The van der Waals surface area contributed by atoms with Gasteiger partial charge in [0.15, 0.2) is 0 Å². The maximum absolute atomic E-state index is 12.0. The van der Waals surface area contributed by atoms with E-state index in [-0.39, 0.29) is 12.5 Å². The Morgan fingerprint density at radius 1 is 1.28 bits per heavy atom. The molecule has 2 aromatic rings. The number of aryl methyl sites for hydroxylation is 1. The topological polar surface area (TPSA) is 62.2 Å². The quantitative estimate of drug-likeness (QED) is 0.866. The zero-order valence-corrected chi connectivity index (χ0v) is 10.1. The molecule has 0 unspecified atom stereocenters. The molecule has 0 atom stereocenters. The van der Waals surface area contributed by atoms with Crippen LogP contribution in [0.15, 0.2) is 42.6 Å². The third-order valence-corrected chi connectivity index (χ3v) is 2.61. The molecule has 1 aromatic carbocycles. The third-order valence-electron chi connectivity index (χ3n) is 2.61. The molecule has 0 bridgehead atoms. The molecule has 0 saturated heterocycles. The van der Waals surface area contributed by atoms with Crippen LogP contribution < -0.4 is 5.32 Å². The number of para-hydroxylation sites is 1. The van der Waals surface area contributed by atoms with E-state index in [1.165, 1.54) is 6.20 Å². The number of aliphatic hydroxyl groups is 1. The molecule has 1 amide bonds. The molecular weight excluding hydrogens is 228 g/mol. The molecule has 1 aromatic heterocycles. The summed E-state index contributed by atoms with van der Waals surface area (Å²) in [6.45, 7) is 1.76. The number of carbonyl (C=O) groups is 1. The zero-order valence-electron chi connectivity index (χ0n) is 10.1. The van der Waals surface area contributed by atoms with E-state index in [0.29, 0.717) is 16.8 Å². The van der Waals surface area contributed by atoms with Crippen molar-refractivity contribution in [3.8, 4) is 0 Å². The van der Waals surface area contributed by atoms with Gasteiger partial charge in [-0.05, 0) is 25.1 Å². The van der Waals surface area contributed by atoms with Crippen molar-refractivity contribution in [2.75, 3.05) is 5.32 Å². The van der Waals surface area contributed by atoms with Crippen molar-refractivity contribution in [2.45, 2.75) is 13.5 Å². The number of nitrogens with zero attached hydrogens (tertiary/aromatic N) is 1. The van der Waals surface area contributed by atoms with Crippen molar-refractivity contribution in [3.05, 3.63) is 59.4 Å². The van der Waals surface area contributed by atoms with E-state index in [0.717, 1.165) is 5.69 Å². The highest BCUT2D eigenvalue weighted by atomic mass is 16.3. The van der Waals surface area contributed by atoms with Gasteiger partial charge in [-0.1, -0.05) is 18.2 Å². The summed E-state index contributed by atoms with van der Waals surface area (Å²) in [5.74, 6) is -0.233. The second-order valence-electron chi connectivity index (χ2n) is 3.96. The first-order valence-corrected chi connectivity index (χ1v) is 5.63. The normalized spacial score (nSPS) is 10.1. The van der Waals surface area contributed by atoms with Gasteiger partial charge in [-0.15, -0.1) is 0 Å². The molecule has 0 aliphatic carbocycles. The van der Waals surface area contributed by atoms with Gasteiger partial charge in [-0.2, -0.15) is 0 Å². The number of aliphatic hydroxyl groups excluding tert-OH is 1. The highest BCUT2D eigenvalue weighted by molar-refractivity contribution is 6.04. The Morgan fingerprint density at radius 2 is 2.06 bits per heavy atom. The van der Waals surface area contributed by atoms with Crippen LogP contribution in [0.4, 0.5) is 5.69 Å². The number of amides is 1. The molecule has 4 nitrogen and oxygen atoms in total. The number of hydrogen-bond donors (Lipinski definition) is 2. The van der Waals surface area contributed by atoms with Gasteiger partial charge in [0, 0.05) is 23.1 Å². The Labute approximate surface area is 105 Å². The predicted molar refractivity (Wildman–Crippen MR) is 69.3 cm³/mol. The maximum Gasteiger partial charge on any atom is 0.257 e. The predicted octanol–water partition coefficient (Wildman–Crippen LogP) is 2.13. The number of aromatic nitrogens is 1. The van der Waals surface area contributed by atoms with Crippen LogP contribution >= 0.6 is 0 Å². The number of carbonyl (C=O) groups excluding carboxylic acids is 1. The van der Waals surface area contributed by atoms with Crippen LogP contribution in [-0.2, 0) is 6.61 Å². The SMILES string of the molecule is Cc1ccc(C(=O)Nc2ccccc2CO)cn1. The number of benzene rings is 1. The van der Waals surface area contributed by atoms with E-state index >= 15 is 0 Å². The minimum absolute atomic E-state index is 0.109. The van der Waals surface area contributed by atoms with Crippen LogP contribution in [0.5, 0.6) is 0 Å². The second-order valence-corrected chi connectivity index (χ2v) is 3.96. The average Bonchev–Trinajstić information content (AvgIpc) is 2.40. The van der Waals surface area contributed by atoms with E-state index in [9.17, 15) is 9.90 Å². The minimum Gasteiger partial charge on any atom is -0.392 e. The Hall–Kier alpha value is -2.20. The fourth-order valence-corrected chi connectivity index (χ4v) is 1.58. The summed E-state index contributed by atoms with van der Waals surface area (Å²) in [6, 6.07) is 10.6. The summed E-state index contributed by atoms with van der Waals surface area (Å²) in [6.07, 6.45) is 1.53. The van der Waals surface area contributed by atoms with Crippen LogP contribution in [0.1, 0.15) is 21.6 Å². The molecule has 0 aliphatic rings. The molecular formula is C14H14N2O2. The van der Waals surface area contributed by atoms with Crippen molar-refractivity contribution in [1.82, 2.24) is 4.98 Å². The Bertz CT molecular complexity index is 550. The molecule has 0 radical (unpaired) electrons. The number of anilines is 1. The first-order valence-electron chi connectivity index (χ1n) is 5.63. The fourth-order valence-electron chi connectivity index (χ4n) is 1.58. The summed E-state index contributed by atoms with van der Waals surface area (Å²) in [5, 5.41) is 11.9. The molecule has 18 heavy (non-hydrogen) atoms. The van der Waals surface area contributed by atoms with Gasteiger partial charge >= 0.3 is 0 Å². The van der Waals surface area contributed by atoms with Crippen LogP contribution in [0.25, 0.3) is 0 Å². The van der Waals surface area contributed by atoms with Crippen molar-refractivity contribution >= 4 is 11.6 Å². The third kappa shape index (κ3) is 2.73. The molecule has 0 aliphatic heterocycles. The highest BCUT2D eigenvalue weighted by Gasteiger charge is 2.08. The molecule has 4 heteroatoms. The zero-order chi connectivity index (χ0) is 13.0. The average molecular weight is 242 g/mol. The van der Waals surface area contributed by atoms with Gasteiger partial charge in [-0.3, -0.25) is 9.78 Å². The molecule has 0 spiro atoms. The highest BCUT2D eigenvalue weighted by Crippen LogP contribution is 2.15. The molecule has 0 saturated carbocycles. The van der Waals surface area contributed by atoms with Crippen LogP contribution in [-0.4, -0.2) is 16.0 Å². The second kappa shape index (κ2) is 5.42. The minimum atomic E-state index is -0.233. The summed E-state index contributed by atoms with van der Waals surface area (Å²) in [5.41, 5.74) is 2.66. The number of hydrogen-bond acceptors (Lipinski definition) is 3. The lowest BCUT2D eigenvalue weighted by molar-refractivity contribution is 0.102. The van der Waals surface area contributed by atoms with Gasteiger partial charge < -0.3 is 10.4 Å². The van der Waals surface area contributed by atoms with E-state index < -0.39 is 0 Å². The smallest absolute Gasteiger partial charge is 0.257 e. The van der Waals surface area contributed by atoms with Crippen LogP contribution in [0.3, 0.4) is 0 Å². The summed E-state index contributed by atoms with van der Waals surface area (Å²) in [4.78, 5) is 16.0. The lowest BCUT2D eigenvalue weighted by Crippen LogP contribution is -2.13. The molecule has 2 rings (SSSR count).